The summed E-state index contributed by atoms with van der Waals surface area (Å²) in [7, 11) is 1.97. The molecule has 0 aliphatic carbocycles. The summed E-state index contributed by atoms with van der Waals surface area (Å²) >= 11 is 9.71. The average molecular weight is 471 g/mol. The first-order chi connectivity index (χ1) is 11.2. The van der Waals surface area contributed by atoms with Gasteiger partial charge in [-0.3, -0.25) is 0 Å². The van der Waals surface area contributed by atoms with Gasteiger partial charge < -0.3 is 15.4 Å². The SMILES string of the molecule is CNCCCNCc1cc(Br)ccc1OCc1ccccc1Cl.Cl.Cl. The van der Waals surface area contributed by atoms with Crippen LogP contribution < -0.4 is 15.4 Å². The van der Waals surface area contributed by atoms with Crippen LogP contribution in [0.25, 0.3) is 0 Å². The van der Waals surface area contributed by atoms with E-state index in [1.165, 1.54) is 0 Å². The summed E-state index contributed by atoms with van der Waals surface area (Å²) in [5.74, 6) is 0.884. The zero-order chi connectivity index (χ0) is 16.5. The van der Waals surface area contributed by atoms with E-state index in [4.69, 9.17) is 16.3 Å². The maximum atomic E-state index is 6.18. The highest BCUT2D eigenvalue weighted by Crippen LogP contribution is 2.25. The summed E-state index contributed by atoms with van der Waals surface area (Å²) in [6.45, 7) is 3.23. The molecule has 0 saturated carbocycles. The van der Waals surface area contributed by atoms with E-state index in [1.54, 1.807) is 0 Å². The van der Waals surface area contributed by atoms with Crippen molar-refractivity contribution in [3.8, 4) is 5.75 Å². The first kappa shape index (κ1) is 24.5. The number of rotatable bonds is 9. The van der Waals surface area contributed by atoms with Gasteiger partial charge in [-0.15, -0.1) is 24.8 Å². The molecule has 3 nitrogen and oxygen atoms in total. The van der Waals surface area contributed by atoms with Crippen LogP contribution in [0.4, 0.5) is 0 Å². The second kappa shape index (κ2) is 13.7. The van der Waals surface area contributed by atoms with E-state index in [0.29, 0.717) is 6.61 Å². The Balaban J connectivity index is 0.00000288. The van der Waals surface area contributed by atoms with Crippen LogP contribution in [0.15, 0.2) is 46.9 Å². The third-order valence-corrected chi connectivity index (χ3v) is 4.32. The van der Waals surface area contributed by atoms with E-state index in [0.717, 1.165) is 52.4 Å². The maximum absolute atomic E-state index is 6.18. The molecule has 0 atom stereocenters. The Labute approximate surface area is 175 Å². The summed E-state index contributed by atoms with van der Waals surface area (Å²) in [6, 6.07) is 13.8. The number of hydrogen-bond donors (Lipinski definition) is 2. The lowest BCUT2D eigenvalue weighted by Crippen LogP contribution is -2.19. The zero-order valence-corrected chi connectivity index (χ0v) is 18.0. The summed E-state index contributed by atoms with van der Waals surface area (Å²) in [4.78, 5) is 0. The summed E-state index contributed by atoms with van der Waals surface area (Å²) in [5.41, 5.74) is 2.13. The number of halogens is 4. The molecule has 0 bridgehead atoms. The van der Waals surface area contributed by atoms with Crippen molar-refractivity contribution < 1.29 is 4.74 Å². The van der Waals surface area contributed by atoms with Gasteiger partial charge in [0.2, 0.25) is 0 Å². The molecule has 7 heteroatoms. The molecule has 25 heavy (non-hydrogen) atoms. The minimum atomic E-state index is 0. The van der Waals surface area contributed by atoms with E-state index >= 15 is 0 Å². The van der Waals surface area contributed by atoms with Crippen LogP contribution in [0.1, 0.15) is 17.5 Å². The molecule has 0 aliphatic rings. The Kier molecular flexibility index (Phi) is 13.4. The fraction of sp³-hybridized carbons (Fsp3) is 0.333. The Hall–Kier alpha value is -0.490. The molecule has 0 amide bonds. The molecule has 0 spiro atoms. The van der Waals surface area contributed by atoms with Gasteiger partial charge in [0, 0.05) is 27.2 Å². The summed E-state index contributed by atoms with van der Waals surface area (Å²) in [6.07, 6.45) is 1.10. The number of hydrogen-bond acceptors (Lipinski definition) is 3. The maximum Gasteiger partial charge on any atom is 0.124 e. The Morgan fingerprint density at radius 3 is 2.52 bits per heavy atom. The van der Waals surface area contributed by atoms with Crippen molar-refractivity contribution in [1.29, 1.82) is 0 Å². The number of benzene rings is 2. The highest BCUT2D eigenvalue weighted by atomic mass is 79.9. The normalized spacial score (nSPS) is 9.88. The Morgan fingerprint density at radius 2 is 1.80 bits per heavy atom. The van der Waals surface area contributed by atoms with Gasteiger partial charge in [0.25, 0.3) is 0 Å². The number of nitrogens with one attached hydrogen (secondary N) is 2. The molecular formula is C18H24BrCl3N2O. The largest absolute Gasteiger partial charge is 0.489 e. The molecule has 2 rings (SSSR count). The van der Waals surface area contributed by atoms with E-state index in [9.17, 15) is 0 Å². The van der Waals surface area contributed by atoms with Crippen LogP contribution in [0.2, 0.25) is 5.02 Å². The molecule has 0 aliphatic heterocycles. The van der Waals surface area contributed by atoms with Crippen LogP contribution in [-0.4, -0.2) is 20.1 Å². The predicted octanol–water partition coefficient (Wildman–Crippen LogP) is 5.22. The quantitative estimate of drug-likeness (QED) is 0.493. The molecule has 2 N–H and O–H groups in total. The van der Waals surface area contributed by atoms with Crippen molar-refractivity contribution in [2.24, 2.45) is 0 Å². The van der Waals surface area contributed by atoms with E-state index in [1.807, 2.05) is 43.4 Å². The van der Waals surface area contributed by atoms with Crippen LogP contribution in [0, 0.1) is 0 Å². The minimum Gasteiger partial charge on any atom is -0.489 e. The molecule has 2 aromatic carbocycles. The fourth-order valence-electron chi connectivity index (χ4n) is 2.21. The highest BCUT2D eigenvalue weighted by Gasteiger charge is 2.06. The van der Waals surface area contributed by atoms with Crippen molar-refractivity contribution in [3.05, 3.63) is 63.1 Å². The van der Waals surface area contributed by atoms with Crippen molar-refractivity contribution in [2.75, 3.05) is 20.1 Å². The number of ether oxygens (including phenoxy) is 1. The second-order valence-corrected chi connectivity index (χ2v) is 6.59. The first-order valence-corrected chi connectivity index (χ1v) is 8.87. The summed E-state index contributed by atoms with van der Waals surface area (Å²) < 4.78 is 7.03. The lowest BCUT2D eigenvalue weighted by Gasteiger charge is -2.13. The van der Waals surface area contributed by atoms with Crippen LogP contribution in [0.5, 0.6) is 5.75 Å². The minimum absolute atomic E-state index is 0. The van der Waals surface area contributed by atoms with Crippen LogP contribution >= 0.6 is 52.3 Å². The third kappa shape index (κ3) is 8.63. The lowest BCUT2D eigenvalue weighted by molar-refractivity contribution is 0.302. The van der Waals surface area contributed by atoms with E-state index in [2.05, 4.69) is 32.6 Å². The van der Waals surface area contributed by atoms with Crippen molar-refractivity contribution >= 4 is 52.3 Å². The lowest BCUT2D eigenvalue weighted by atomic mass is 10.2. The van der Waals surface area contributed by atoms with Crippen LogP contribution in [0.3, 0.4) is 0 Å². The van der Waals surface area contributed by atoms with Crippen molar-refractivity contribution in [3.63, 3.8) is 0 Å². The standard InChI is InChI=1S/C18H22BrClN2O.2ClH/c1-21-9-4-10-22-12-15-11-16(19)7-8-18(15)23-13-14-5-2-3-6-17(14)20;;/h2-3,5-8,11,21-22H,4,9-10,12-13H2,1H3;2*1H. The van der Waals surface area contributed by atoms with Crippen molar-refractivity contribution in [1.82, 2.24) is 10.6 Å². The molecule has 0 aromatic heterocycles. The van der Waals surface area contributed by atoms with Gasteiger partial charge in [-0.1, -0.05) is 45.7 Å². The van der Waals surface area contributed by atoms with Gasteiger partial charge in [-0.2, -0.15) is 0 Å². The monoisotopic (exact) mass is 468 g/mol. The molecule has 0 fully saturated rings. The van der Waals surface area contributed by atoms with E-state index < -0.39 is 0 Å². The first-order valence-electron chi connectivity index (χ1n) is 7.70. The van der Waals surface area contributed by atoms with E-state index in [-0.39, 0.29) is 24.8 Å². The second-order valence-electron chi connectivity index (χ2n) is 5.27. The van der Waals surface area contributed by atoms with Gasteiger partial charge in [0.15, 0.2) is 0 Å². The smallest absolute Gasteiger partial charge is 0.124 e. The third-order valence-electron chi connectivity index (χ3n) is 3.46. The zero-order valence-electron chi connectivity index (χ0n) is 14.1. The Morgan fingerprint density at radius 1 is 1.04 bits per heavy atom. The van der Waals surface area contributed by atoms with Gasteiger partial charge in [-0.05, 0) is 50.8 Å². The molecular weight excluding hydrogens is 446 g/mol. The topological polar surface area (TPSA) is 33.3 Å². The van der Waals surface area contributed by atoms with Gasteiger partial charge in [0.1, 0.15) is 12.4 Å². The molecule has 0 unspecified atom stereocenters. The molecule has 0 heterocycles. The molecule has 2 aromatic rings. The van der Waals surface area contributed by atoms with Gasteiger partial charge in [-0.25, -0.2) is 0 Å². The Bertz CT molecular complexity index is 629. The highest BCUT2D eigenvalue weighted by molar-refractivity contribution is 9.10. The molecule has 0 radical (unpaired) electrons. The van der Waals surface area contributed by atoms with Gasteiger partial charge in [0.05, 0.1) is 0 Å². The summed E-state index contributed by atoms with van der Waals surface area (Å²) in [5, 5.41) is 7.33. The van der Waals surface area contributed by atoms with Crippen molar-refractivity contribution in [2.45, 2.75) is 19.6 Å². The van der Waals surface area contributed by atoms with Crippen LogP contribution in [-0.2, 0) is 13.2 Å². The predicted molar refractivity (Wildman–Crippen MR) is 115 cm³/mol. The molecule has 0 saturated heterocycles. The van der Waals surface area contributed by atoms with Gasteiger partial charge >= 0.3 is 0 Å². The molecule has 140 valence electrons. The fourth-order valence-corrected chi connectivity index (χ4v) is 2.81. The average Bonchev–Trinajstić information content (AvgIpc) is 2.55.